The quantitative estimate of drug-likeness (QED) is 0.359. The Morgan fingerprint density at radius 2 is 1.88 bits per heavy atom. The fourth-order valence-electron chi connectivity index (χ4n) is 5.98. The Morgan fingerprint density at radius 1 is 1.12 bits per heavy atom. The molecule has 1 saturated heterocycles. The van der Waals surface area contributed by atoms with Crippen LogP contribution in [0.3, 0.4) is 0 Å². The van der Waals surface area contributed by atoms with Gasteiger partial charge in [0.05, 0.1) is 18.2 Å². The van der Waals surface area contributed by atoms with Crippen LogP contribution in [0.1, 0.15) is 39.9 Å². The number of aromatic nitrogens is 1. The average Bonchev–Trinajstić information content (AvgIpc) is 3.54. The maximum Gasteiger partial charge on any atom is 0.307 e. The number of aliphatic carboxylic acids is 1. The fourth-order valence-corrected chi connectivity index (χ4v) is 6.83. The minimum Gasteiger partial charge on any atom is -0.488 e. The van der Waals surface area contributed by atoms with E-state index in [1.165, 1.54) is 0 Å². The van der Waals surface area contributed by atoms with Gasteiger partial charge in [-0.2, -0.15) is 0 Å². The van der Waals surface area contributed by atoms with E-state index in [0.717, 1.165) is 64.8 Å². The normalized spacial score (nSPS) is 20.0. The highest BCUT2D eigenvalue weighted by Gasteiger charge is 2.46. The number of piperidine rings is 1. The molecule has 1 aliphatic heterocycles. The highest BCUT2D eigenvalue weighted by atomic mass is 32.1. The zero-order valence-corrected chi connectivity index (χ0v) is 24.4. The number of benzene rings is 2. The lowest BCUT2D eigenvalue weighted by molar-refractivity contribution is -0.144. The Hall–Kier alpha value is -3.43. The van der Waals surface area contributed by atoms with Crippen molar-refractivity contribution in [2.45, 2.75) is 33.3 Å². The maximum atomic E-state index is 12.7. The number of likely N-dealkylation sites (N-methyl/N-ethyl adjacent to an activating group) is 1. The van der Waals surface area contributed by atoms with Gasteiger partial charge in [0, 0.05) is 50.3 Å². The number of amides is 1. The molecule has 9 heteroatoms. The molecule has 2 fully saturated rings. The second-order valence-electron chi connectivity index (χ2n) is 11.0. The summed E-state index contributed by atoms with van der Waals surface area (Å²) in [5, 5.41) is 12.7. The van der Waals surface area contributed by atoms with Crippen LogP contribution < -0.4 is 9.64 Å². The summed E-state index contributed by atoms with van der Waals surface area (Å²) in [6, 6.07) is 11.8. The highest BCUT2D eigenvalue weighted by molar-refractivity contribution is 7.14. The largest absolute Gasteiger partial charge is 0.488 e. The summed E-state index contributed by atoms with van der Waals surface area (Å²) in [4.78, 5) is 33.4. The van der Waals surface area contributed by atoms with Crippen molar-refractivity contribution < 1.29 is 24.2 Å². The molecular formula is C31H37N3O5S. The van der Waals surface area contributed by atoms with Crippen LogP contribution in [0.2, 0.25) is 0 Å². The first-order valence-corrected chi connectivity index (χ1v) is 14.6. The van der Waals surface area contributed by atoms with Gasteiger partial charge in [-0.15, -0.1) is 11.3 Å². The number of methoxy groups -OCH3 is 1. The van der Waals surface area contributed by atoms with E-state index >= 15 is 0 Å². The summed E-state index contributed by atoms with van der Waals surface area (Å²) in [6.45, 7) is 6.95. The number of ether oxygens (including phenoxy) is 2. The molecule has 1 saturated carbocycles. The molecule has 3 atom stereocenters. The summed E-state index contributed by atoms with van der Waals surface area (Å²) >= 11 is 1.60. The molecule has 8 nitrogen and oxygen atoms in total. The molecule has 2 aromatic carbocycles. The summed E-state index contributed by atoms with van der Waals surface area (Å²) < 4.78 is 11.4. The molecule has 1 aliphatic carbocycles. The molecule has 0 unspecified atom stereocenters. The van der Waals surface area contributed by atoms with E-state index in [4.69, 9.17) is 14.5 Å². The molecule has 40 heavy (non-hydrogen) atoms. The van der Waals surface area contributed by atoms with E-state index in [2.05, 4.69) is 23.3 Å². The van der Waals surface area contributed by atoms with Crippen molar-refractivity contribution in [1.82, 2.24) is 9.88 Å². The lowest BCUT2D eigenvalue weighted by Crippen LogP contribution is -2.44. The van der Waals surface area contributed by atoms with Gasteiger partial charge in [-0.1, -0.05) is 17.7 Å². The predicted molar refractivity (Wildman–Crippen MR) is 156 cm³/mol. The first-order chi connectivity index (χ1) is 19.2. The molecule has 2 heterocycles. The molecule has 212 valence electrons. The van der Waals surface area contributed by atoms with Crippen molar-refractivity contribution in [3.05, 3.63) is 64.0 Å². The molecule has 3 aromatic rings. The Labute approximate surface area is 239 Å². The van der Waals surface area contributed by atoms with Crippen LogP contribution in [0, 0.1) is 31.6 Å². The van der Waals surface area contributed by atoms with Gasteiger partial charge >= 0.3 is 5.97 Å². The Kier molecular flexibility index (Phi) is 8.42. The van der Waals surface area contributed by atoms with Gasteiger partial charge in [0.1, 0.15) is 12.4 Å². The molecule has 1 aromatic heterocycles. The molecule has 2 bridgehead atoms. The maximum absolute atomic E-state index is 12.7. The van der Waals surface area contributed by atoms with Gasteiger partial charge in [-0.25, -0.2) is 4.98 Å². The van der Waals surface area contributed by atoms with Crippen LogP contribution in [0.25, 0.3) is 11.3 Å². The standard InChI is InChI=1S/C31H37N3O5S/c1-19-5-10-27(39-17-24-9-6-21(14-20(24)2)29(35)33(3)11-12-38-4)25(13-19)26-18-40-31(32-26)34-15-22-7-8-23(16-34)28(22)30(36)37/h5-6,9-10,13-14,18,22-23,28H,7-8,11-12,15-17H2,1-4H3,(H,36,37)/t22-,23+,28+. The molecule has 1 amide bonds. The lowest BCUT2D eigenvalue weighted by atomic mass is 9.85. The third-order valence-corrected chi connectivity index (χ3v) is 9.14. The van der Waals surface area contributed by atoms with E-state index in [0.29, 0.717) is 25.3 Å². The van der Waals surface area contributed by atoms with Crippen molar-refractivity contribution in [3.63, 3.8) is 0 Å². The number of nitrogens with zero attached hydrogens (tertiary/aromatic N) is 3. The summed E-state index contributed by atoms with van der Waals surface area (Å²) in [7, 11) is 3.40. The Bertz CT molecular complexity index is 1380. The molecule has 0 radical (unpaired) electrons. The Balaban J connectivity index is 1.29. The number of rotatable bonds is 10. The molecule has 2 aliphatic rings. The topological polar surface area (TPSA) is 92.2 Å². The van der Waals surface area contributed by atoms with E-state index in [1.54, 1.807) is 30.4 Å². The third kappa shape index (κ3) is 5.86. The van der Waals surface area contributed by atoms with E-state index < -0.39 is 5.97 Å². The SMILES string of the molecule is COCCN(C)C(=O)c1ccc(COc2ccc(C)cc2-c2csc(N3C[C@H]4CC[C@@H](C3)[C@H]4C(=O)O)n2)c(C)c1. The number of carboxylic acid groups (broad SMARTS) is 1. The van der Waals surface area contributed by atoms with E-state index in [9.17, 15) is 14.7 Å². The number of anilines is 1. The van der Waals surface area contributed by atoms with Crippen molar-refractivity contribution in [3.8, 4) is 17.0 Å². The van der Waals surface area contributed by atoms with Crippen molar-refractivity contribution in [2.75, 3.05) is 45.3 Å². The van der Waals surface area contributed by atoms with Gasteiger partial charge < -0.3 is 24.4 Å². The predicted octanol–water partition coefficient (Wildman–Crippen LogP) is 5.27. The van der Waals surface area contributed by atoms with Gasteiger partial charge in [0.25, 0.3) is 5.91 Å². The number of fused-ring (bicyclic) bond motifs is 2. The monoisotopic (exact) mass is 563 g/mol. The summed E-state index contributed by atoms with van der Waals surface area (Å²) in [6.07, 6.45) is 1.95. The Morgan fingerprint density at radius 3 is 2.55 bits per heavy atom. The van der Waals surface area contributed by atoms with Gasteiger partial charge in [0.2, 0.25) is 0 Å². The van der Waals surface area contributed by atoms with Gasteiger partial charge in [0.15, 0.2) is 5.13 Å². The second kappa shape index (κ2) is 12.0. The number of carbonyl (C=O) groups is 2. The van der Waals surface area contributed by atoms with Crippen molar-refractivity contribution >= 4 is 28.3 Å². The first kappa shape index (κ1) is 28.1. The van der Waals surface area contributed by atoms with Crippen LogP contribution >= 0.6 is 11.3 Å². The number of aryl methyl sites for hydroxylation is 2. The number of hydrogen-bond acceptors (Lipinski definition) is 7. The van der Waals surface area contributed by atoms with E-state index in [1.807, 2.05) is 37.3 Å². The minimum atomic E-state index is -0.653. The van der Waals surface area contributed by atoms with Crippen LogP contribution in [0.4, 0.5) is 5.13 Å². The minimum absolute atomic E-state index is 0.0343. The van der Waals surface area contributed by atoms with Crippen molar-refractivity contribution in [1.29, 1.82) is 0 Å². The average molecular weight is 564 g/mol. The number of carbonyl (C=O) groups excluding carboxylic acids is 1. The van der Waals surface area contributed by atoms with Crippen LogP contribution in [0.5, 0.6) is 5.75 Å². The van der Waals surface area contributed by atoms with Crippen molar-refractivity contribution in [2.24, 2.45) is 17.8 Å². The summed E-state index contributed by atoms with van der Waals surface area (Å²) in [5.74, 6) is 0.229. The molecular weight excluding hydrogens is 526 g/mol. The zero-order valence-electron chi connectivity index (χ0n) is 23.6. The fraction of sp³-hybridized carbons (Fsp3) is 0.452. The number of hydrogen-bond donors (Lipinski definition) is 1. The molecule has 5 rings (SSSR count). The molecule has 0 spiro atoms. The van der Waals surface area contributed by atoms with Gasteiger partial charge in [-0.05, 0) is 73.9 Å². The van der Waals surface area contributed by atoms with Crippen LogP contribution in [-0.2, 0) is 16.1 Å². The van der Waals surface area contributed by atoms with Crippen LogP contribution in [-0.4, -0.2) is 67.3 Å². The third-order valence-electron chi connectivity index (χ3n) is 8.24. The summed E-state index contributed by atoms with van der Waals surface area (Å²) in [5.41, 5.74) is 5.58. The van der Waals surface area contributed by atoms with Gasteiger partial charge in [-0.3, -0.25) is 9.59 Å². The van der Waals surface area contributed by atoms with E-state index in [-0.39, 0.29) is 23.7 Å². The van der Waals surface area contributed by atoms with Crippen LogP contribution in [0.15, 0.2) is 41.8 Å². The lowest BCUT2D eigenvalue weighted by Gasteiger charge is -2.35. The smallest absolute Gasteiger partial charge is 0.307 e. The number of carboxylic acids is 1. The zero-order chi connectivity index (χ0) is 28.4. The highest BCUT2D eigenvalue weighted by Crippen LogP contribution is 2.44. The number of thiazole rings is 1. The first-order valence-electron chi connectivity index (χ1n) is 13.8. The second-order valence-corrected chi connectivity index (χ2v) is 11.9. The molecule has 1 N–H and O–H groups in total.